The van der Waals surface area contributed by atoms with E-state index in [1.54, 1.807) is 16.0 Å². The quantitative estimate of drug-likeness (QED) is 0.803. The molecule has 2 heterocycles. The van der Waals surface area contributed by atoms with E-state index in [2.05, 4.69) is 40.6 Å². The van der Waals surface area contributed by atoms with E-state index >= 15 is 0 Å². The molecule has 0 N–H and O–H groups in total. The van der Waals surface area contributed by atoms with Crippen molar-refractivity contribution >= 4 is 17.3 Å². The number of methoxy groups -OCH3 is 1. The van der Waals surface area contributed by atoms with Crippen molar-refractivity contribution in [2.45, 2.75) is 32.7 Å². The van der Waals surface area contributed by atoms with Crippen LogP contribution < -0.4 is 0 Å². The van der Waals surface area contributed by atoms with Crippen LogP contribution in [-0.4, -0.2) is 32.8 Å². The Kier molecular flexibility index (Phi) is 3.66. The molecule has 0 fully saturated rings. The predicted octanol–water partition coefficient (Wildman–Crippen LogP) is 1.87. The average Bonchev–Trinajstić information content (AvgIpc) is 2.97. The lowest BCUT2D eigenvalue weighted by Gasteiger charge is -2.14. The maximum Gasteiger partial charge on any atom is 0.377 e. The highest BCUT2D eigenvalue weighted by atomic mass is 32.1. The lowest BCUT2D eigenvalue weighted by molar-refractivity contribution is 0.0586. The minimum atomic E-state index is -0.534. The fourth-order valence-corrected chi connectivity index (χ4v) is 2.43. The number of thiazole rings is 1. The Morgan fingerprint density at radius 2 is 2.21 bits per heavy atom. The third-order valence-electron chi connectivity index (χ3n) is 2.52. The SMILES string of the molecule is COC(=O)c1ncn(Cc2nc(C(C)(C)C)cs2)n1. The first-order chi connectivity index (χ1) is 8.90. The fraction of sp³-hybridized carbons (Fsp3) is 0.500. The van der Waals surface area contributed by atoms with Crippen molar-refractivity contribution in [3.8, 4) is 0 Å². The van der Waals surface area contributed by atoms with Crippen LogP contribution in [0, 0.1) is 0 Å². The molecular formula is C12H16N4O2S. The Balaban J connectivity index is 2.11. The summed E-state index contributed by atoms with van der Waals surface area (Å²) < 4.78 is 6.14. The Hall–Kier alpha value is -1.76. The van der Waals surface area contributed by atoms with Gasteiger partial charge in [0.2, 0.25) is 0 Å². The summed E-state index contributed by atoms with van der Waals surface area (Å²) in [5.41, 5.74) is 1.09. The zero-order chi connectivity index (χ0) is 14.0. The summed E-state index contributed by atoms with van der Waals surface area (Å²) in [6.07, 6.45) is 1.50. The zero-order valence-electron chi connectivity index (χ0n) is 11.4. The summed E-state index contributed by atoms with van der Waals surface area (Å²) in [5.74, 6) is -0.469. The van der Waals surface area contributed by atoms with Gasteiger partial charge in [-0.25, -0.2) is 19.4 Å². The lowest BCUT2D eigenvalue weighted by Crippen LogP contribution is -2.12. The van der Waals surface area contributed by atoms with Gasteiger partial charge in [0.15, 0.2) is 0 Å². The molecule has 6 nitrogen and oxygen atoms in total. The molecule has 2 rings (SSSR count). The molecule has 2 aromatic heterocycles. The van der Waals surface area contributed by atoms with Crippen molar-refractivity contribution in [2.24, 2.45) is 0 Å². The molecule has 2 aromatic rings. The highest BCUT2D eigenvalue weighted by Crippen LogP contribution is 2.24. The number of carbonyl (C=O) groups excluding carboxylic acids is 1. The minimum Gasteiger partial charge on any atom is -0.463 e. The highest BCUT2D eigenvalue weighted by molar-refractivity contribution is 7.09. The van der Waals surface area contributed by atoms with Crippen LogP contribution in [0.1, 0.15) is 42.1 Å². The maximum absolute atomic E-state index is 11.2. The van der Waals surface area contributed by atoms with Crippen LogP contribution in [0.25, 0.3) is 0 Å². The molecule has 0 aliphatic heterocycles. The molecule has 0 aromatic carbocycles. The van der Waals surface area contributed by atoms with Crippen LogP contribution >= 0.6 is 11.3 Å². The Bertz CT molecular complexity index is 583. The molecule has 7 heteroatoms. The smallest absolute Gasteiger partial charge is 0.377 e. The fourth-order valence-electron chi connectivity index (χ4n) is 1.42. The van der Waals surface area contributed by atoms with Gasteiger partial charge in [0.05, 0.1) is 19.3 Å². The third-order valence-corrected chi connectivity index (χ3v) is 3.36. The van der Waals surface area contributed by atoms with Crippen LogP contribution in [-0.2, 0) is 16.7 Å². The van der Waals surface area contributed by atoms with Crippen molar-refractivity contribution in [1.29, 1.82) is 0 Å². The van der Waals surface area contributed by atoms with E-state index in [0.29, 0.717) is 6.54 Å². The number of nitrogens with zero attached hydrogens (tertiary/aromatic N) is 4. The molecule has 102 valence electrons. The third kappa shape index (κ3) is 3.17. The largest absolute Gasteiger partial charge is 0.463 e. The van der Waals surface area contributed by atoms with E-state index in [9.17, 15) is 4.79 Å². The lowest BCUT2D eigenvalue weighted by atomic mass is 9.93. The Morgan fingerprint density at radius 3 is 2.79 bits per heavy atom. The second kappa shape index (κ2) is 5.08. The number of hydrogen-bond acceptors (Lipinski definition) is 6. The van der Waals surface area contributed by atoms with Gasteiger partial charge in [-0.2, -0.15) is 0 Å². The van der Waals surface area contributed by atoms with Crippen LogP contribution in [0.3, 0.4) is 0 Å². The number of ether oxygens (including phenoxy) is 1. The normalized spacial score (nSPS) is 11.6. The van der Waals surface area contributed by atoms with Crippen LogP contribution in [0.4, 0.5) is 0 Å². The first-order valence-corrected chi connectivity index (χ1v) is 6.71. The molecule has 0 saturated heterocycles. The molecule has 0 amide bonds. The van der Waals surface area contributed by atoms with Crippen LogP contribution in [0.2, 0.25) is 0 Å². The number of rotatable bonds is 3. The summed E-state index contributed by atoms with van der Waals surface area (Å²) in [5, 5.41) is 7.03. The second-order valence-electron chi connectivity index (χ2n) is 5.13. The van der Waals surface area contributed by atoms with E-state index in [1.165, 1.54) is 13.4 Å². The molecule has 0 atom stereocenters. The van der Waals surface area contributed by atoms with Crippen LogP contribution in [0.5, 0.6) is 0 Å². The number of hydrogen-bond donors (Lipinski definition) is 0. The minimum absolute atomic E-state index is 0.0360. The van der Waals surface area contributed by atoms with Crippen molar-refractivity contribution in [3.63, 3.8) is 0 Å². The number of esters is 1. The van der Waals surface area contributed by atoms with Gasteiger partial charge in [0, 0.05) is 10.8 Å². The second-order valence-corrected chi connectivity index (χ2v) is 6.08. The van der Waals surface area contributed by atoms with Crippen molar-refractivity contribution in [2.75, 3.05) is 7.11 Å². The van der Waals surface area contributed by atoms with E-state index in [4.69, 9.17) is 0 Å². The van der Waals surface area contributed by atoms with Crippen molar-refractivity contribution in [1.82, 2.24) is 19.7 Å². The predicted molar refractivity (Wildman–Crippen MR) is 71.3 cm³/mol. The molecule has 0 radical (unpaired) electrons. The molecule has 0 bridgehead atoms. The monoisotopic (exact) mass is 280 g/mol. The van der Waals surface area contributed by atoms with Gasteiger partial charge in [-0.1, -0.05) is 20.8 Å². The number of carbonyl (C=O) groups is 1. The van der Waals surface area contributed by atoms with Crippen LogP contribution in [0.15, 0.2) is 11.7 Å². The van der Waals surface area contributed by atoms with Gasteiger partial charge < -0.3 is 4.74 Å². The zero-order valence-corrected chi connectivity index (χ0v) is 12.2. The summed E-state index contributed by atoms with van der Waals surface area (Å²) in [6.45, 7) is 6.87. The van der Waals surface area contributed by atoms with Gasteiger partial charge in [-0.15, -0.1) is 16.4 Å². The Labute approximate surface area is 115 Å². The van der Waals surface area contributed by atoms with E-state index in [0.717, 1.165) is 10.7 Å². The first kappa shape index (κ1) is 13.7. The topological polar surface area (TPSA) is 69.9 Å². The standard InChI is InChI=1S/C12H16N4O2S/c1-12(2,3)8-6-19-9(14-8)5-16-7-13-10(15-16)11(17)18-4/h6-7H,5H2,1-4H3. The first-order valence-electron chi connectivity index (χ1n) is 5.83. The van der Waals surface area contributed by atoms with Gasteiger partial charge in [-0.05, 0) is 0 Å². The van der Waals surface area contributed by atoms with E-state index < -0.39 is 5.97 Å². The van der Waals surface area contributed by atoms with Gasteiger partial charge in [-0.3, -0.25) is 0 Å². The van der Waals surface area contributed by atoms with Gasteiger partial charge in [0.25, 0.3) is 5.82 Å². The van der Waals surface area contributed by atoms with E-state index in [-0.39, 0.29) is 11.2 Å². The molecule has 0 saturated carbocycles. The maximum atomic E-state index is 11.2. The molecule has 0 aliphatic rings. The molecule has 0 spiro atoms. The average molecular weight is 280 g/mol. The molecule has 19 heavy (non-hydrogen) atoms. The van der Waals surface area contributed by atoms with Crippen molar-refractivity contribution < 1.29 is 9.53 Å². The summed E-state index contributed by atoms with van der Waals surface area (Å²) in [4.78, 5) is 19.7. The molecule has 0 unspecified atom stereocenters. The van der Waals surface area contributed by atoms with E-state index in [1.807, 2.05) is 5.38 Å². The molecule has 0 aliphatic carbocycles. The highest BCUT2D eigenvalue weighted by Gasteiger charge is 2.18. The van der Waals surface area contributed by atoms with Gasteiger partial charge in [0.1, 0.15) is 11.3 Å². The summed E-state index contributed by atoms with van der Waals surface area (Å²) >= 11 is 1.58. The summed E-state index contributed by atoms with van der Waals surface area (Å²) in [6, 6.07) is 0. The van der Waals surface area contributed by atoms with Crippen molar-refractivity contribution in [3.05, 3.63) is 28.2 Å². The summed E-state index contributed by atoms with van der Waals surface area (Å²) in [7, 11) is 1.31. The molecular weight excluding hydrogens is 264 g/mol. The Morgan fingerprint density at radius 1 is 1.47 bits per heavy atom. The number of aromatic nitrogens is 4. The van der Waals surface area contributed by atoms with Gasteiger partial charge >= 0.3 is 5.97 Å².